The molecule has 0 spiro atoms. The molecule has 0 aromatic heterocycles. The minimum Gasteiger partial charge on any atom is -0.0616 e. The fourth-order valence-electron chi connectivity index (χ4n) is 11.7. The van der Waals surface area contributed by atoms with Gasteiger partial charge in [0.25, 0.3) is 0 Å². The third-order valence-electron chi connectivity index (χ3n) is 14.8. The normalized spacial score (nSPS) is 11.7. The summed E-state index contributed by atoms with van der Waals surface area (Å²) in [6.45, 7) is 0. The van der Waals surface area contributed by atoms with E-state index in [1.54, 1.807) is 0 Å². The fraction of sp³-hybridized carbons (Fsp3) is 0. The SMILES string of the molecule is c1cc(-c2ccc3cccc(-c4cccc(-c5c6ccccc6c(-c6cccc7ccccc67)c6ccccc56)c4)c3c2)cc(-c2c3ccccc3c(-c3cccc4ccccc34)c3ccccc23)c1. The van der Waals surface area contributed by atoms with E-state index < -0.39 is 0 Å². The van der Waals surface area contributed by atoms with Crippen LogP contribution in [0.4, 0.5) is 0 Å². The van der Waals surface area contributed by atoms with Gasteiger partial charge in [-0.25, -0.2) is 0 Å². The lowest BCUT2D eigenvalue weighted by atomic mass is 9.84. The number of hydrogen-bond donors (Lipinski definition) is 0. The minimum atomic E-state index is 1.19. The number of rotatable bonds is 6. The second-order valence-corrected chi connectivity index (χ2v) is 18.6. The first-order valence-electron chi connectivity index (χ1n) is 24.3. The molecule has 70 heavy (non-hydrogen) atoms. The molecule has 0 unspecified atom stereocenters. The predicted octanol–water partition coefficient (Wildman–Crippen LogP) is 19.8. The van der Waals surface area contributed by atoms with E-state index in [9.17, 15) is 0 Å². The van der Waals surface area contributed by atoms with Crippen LogP contribution in [0, 0.1) is 0 Å². The number of fused-ring (bicyclic) bond motifs is 7. The van der Waals surface area contributed by atoms with Crippen LogP contribution in [0.5, 0.6) is 0 Å². The third-order valence-corrected chi connectivity index (χ3v) is 14.8. The van der Waals surface area contributed by atoms with Gasteiger partial charge in [-0.1, -0.05) is 249 Å². The zero-order valence-electron chi connectivity index (χ0n) is 38.4. The maximum Gasteiger partial charge on any atom is -0.00201 e. The van der Waals surface area contributed by atoms with Crippen molar-refractivity contribution < 1.29 is 0 Å². The summed E-state index contributed by atoms with van der Waals surface area (Å²) in [6.07, 6.45) is 0. The summed E-state index contributed by atoms with van der Waals surface area (Å²) in [4.78, 5) is 0. The molecule has 14 aromatic carbocycles. The third kappa shape index (κ3) is 6.38. The lowest BCUT2D eigenvalue weighted by molar-refractivity contribution is 1.61. The van der Waals surface area contributed by atoms with Crippen molar-refractivity contribution in [2.45, 2.75) is 0 Å². The molecule has 0 saturated carbocycles. The Morgan fingerprint density at radius 2 is 0.443 bits per heavy atom. The maximum absolute atomic E-state index is 2.41. The van der Waals surface area contributed by atoms with E-state index >= 15 is 0 Å². The van der Waals surface area contributed by atoms with E-state index in [0.717, 1.165) is 0 Å². The van der Waals surface area contributed by atoms with Gasteiger partial charge in [-0.2, -0.15) is 0 Å². The number of hydrogen-bond acceptors (Lipinski definition) is 0. The van der Waals surface area contributed by atoms with Gasteiger partial charge < -0.3 is 0 Å². The van der Waals surface area contributed by atoms with Gasteiger partial charge in [0.1, 0.15) is 0 Å². The molecule has 0 aliphatic carbocycles. The fourth-order valence-corrected chi connectivity index (χ4v) is 11.7. The summed E-state index contributed by atoms with van der Waals surface area (Å²) in [7, 11) is 0. The van der Waals surface area contributed by atoms with E-state index in [1.807, 2.05) is 0 Å². The van der Waals surface area contributed by atoms with Gasteiger partial charge in [0, 0.05) is 0 Å². The van der Waals surface area contributed by atoms with E-state index in [-0.39, 0.29) is 0 Å². The highest BCUT2D eigenvalue weighted by Crippen LogP contribution is 2.48. The van der Waals surface area contributed by atoms with Crippen molar-refractivity contribution >= 4 is 75.4 Å². The van der Waals surface area contributed by atoms with E-state index in [4.69, 9.17) is 0 Å². The van der Waals surface area contributed by atoms with Crippen LogP contribution in [0.15, 0.2) is 267 Å². The predicted molar refractivity (Wildman–Crippen MR) is 302 cm³/mol. The molecular formula is C70H44. The molecule has 14 aromatic rings. The summed E-state index contributed by atoms with van der Waals surface area (Å²) in [6, 6.07) is 98.9. The van der Waals surface area contributed by atoms with E-state index in [1.165, 1.54) is 142 Å². The standard InChI is InChI=1S/C70H44/c1-3-27-53-45(18-1)20-16-38-56(53)69-62-33-9-5-29-58(62)67(59-30-6-10-34-63(59)69)51-25-13-23-48(42-51)49-41-40-47-22-15-37-55(66(47)44-49)50-24-14-26-52(43-50)68-60-31-7-11-35-64(60)70(65-36-12-8-32-61(65)68)57-39-17-21-46-19-2-4-28-54(46)57/h1-44H. The van der Waals surface area contributed by atoms with E-state index in [2.05, 4.69) is 267 Å². The van der Waals surface area contributed by atoms with Gasteiger partial charge in [0.2, 0.25) is 0 Å². The Morgan fingerprint density at radius 1 is 0.143 bits per heavy atom. The first-order valence-corrected chi connectivity index (χ1v) is 24.3. The Balaban J connectivity index is 0.908. The quantitative estimate of drug-likeness (QED) is 0.146. The molecular weight excluding hydrogens is 841 g/mol. The lowest BCUT2D eigenvalue weighted by Gasteiger charge is -2.19. The molecule has 0 fully saturated rings. The van der Waals surface area contributed by atoms with Crippen molar-refractivity contribution in [3.05, 3.63) is 267 Å². The van der Waals surface area contributed by atoms with Crippen LogP contribution in [-0.4, -0.2) is 0 Å². The van der Waals surface area contributed by atoms with Gasteiger partial charge in [0.15, 0.2) is 0 Å². The minimum absolute atomic E-state index is 1.19. The summed E-state index contributed by atoms with van der Waals surface area (Å²) >= 11 is 0. The topological polar surface area (TPSA) is 0 Å². The van der Waals surface area contributed by atoms with Crippen molar-refractivity contribution in [1.82, 2.24) is 0 Å². The molecule has 0 N–H and O–H groups in total. The Hall–Kier alpha value is -9.10. The average molecular weight is 885 g/mol. The molecule has 0 heterocycles. The summed E-state index contributed by atoms with van der Waals surface area (Å²) in [5.74, 6) is 0. The van der Waals surface area contributed by atoms with Gasteiger partial charge in [-0.05, 0) is 160 Å². The molecule has 0 bridgehead atoms. The van der Waals surface area contributed by atoms with Gasteiger partial charge in [-0.3, -0.25) is 0 Å². The van der Waals surface area contributed by atoms with Crippen molar-refractivity contribution in [2.24, 2.45) is 0 Å². The summed E-state index contributed by atoms with van der Waals surface area (Å²) in [5.41, 5.74) is 14.9. The second kappa shape index (κ2) is 16.3. The summed E-state index contributed by atoms with van der Waals surface area (Å²) < 4.78 is 0. The Labute approximate surface area is 407 Å². The van der Waals surface area contributed by atoms with Crippen LogP contribution in [0.2, 0.25) is 0 Å². The van der Waals surface area contributed by atoms with Crippen LogP contribution < -0.4 is 0 Å². The molecule has 14 rings (SSSR count). The molecule has 0 aliphatic heterocycles. The van der Waals surface area contributed by atoms with Crippen molar-refractivity contribution in [3.63, 3.8) is 0 Å². The maximum atomic E-state index is 2.41. The van der Waals surface area contributed by atoms with Gasteiger partial charge >= 0.3 is 0 Å². The molecule has 0 aliphatic rings. The van der Waals surface area contributed by atoms with Crippen LogP contribution in [0.3, 0.4) is 0 Å². The average Bonchev–Trinajstić information content (AvgIpc) is 3.43. The van der Waals surface area contributed by atoms with Crippen molar-refractivity contribution in [2.75, 3.05) is 0 Å². The Kier molecular flexibility index (Phi) is 9.32. The zero-order valence-corrected chi connectivity index (χ0v) is 38.4. The molecule has 0 atom stereocenters. The smallest absolute Gasteiger partial charge is 0.00201 e. The molecule has 0 heteroatoms. The Morgan fingerprint density at radius 3 is 0.900 bits per heavy atom. The Bertz CT molecular complexity index is 4290. The lowest BCUT2D eigenvalue weighted by Crippen LogP contribution is -1.92. The van der Waals surface area contributed by atoms with E-state index in [0.29, 0.717) is 0 Å². The second-order valence-electron chi connectivity index (χ2n) is 18.6. The zero-order chi connectivity index (χ0) is 46.1. The van der Waals surface area contributed by atoms with Crippen LogP contribution in [0.25, 0.3) is 142 Å². The highest BCUT2D eigenvalue weighted by molar-refractivity contribution is 6.25. The molecule has 324 valence electrons. The summed E-state index contributed by atoms with van der Waals surface area (Å²) in [5, 5.41) is 17.6. The first kappa shape index (κ1) is 40.0. The van der Waals surface area contributed by atoms with Gasteiger partial charge in [-0.15, -0.1) is 0 Å². The van der Waals surface area contributed by atoms with Crippen LogP contribution in [0.1, 0.15) is 0 Å². The largest absolute Gasteiger partial charge is 0.0616 e. The van der Waals surface area contributed by atoms with Crippen molar-refractivity contribution in [1.29, 1.82) is 0 Å². The molecule has 0 nitrogen and oxygen atoms in total. The highest BCUT2D eigenvalue weighted by Gasteiger charge is 2.21. The highest BCUT2D eigenvalue weighted by atomic mass is 14.2. The molecule has 0 amide bonds. The monoisotopic (exact) mass is 884 g/mol. The van der Waals surface area contributed by atoms with Crippen molar-refractivity contribution in [3.8, 4) is 66.8 Å². The van der Waals surface area contributed by atoms with Crippen LogP contribution in [-0.2, 0) is 0 Å². The molecule has 0 radical (unpaired) electrons. The van der Waals surface area contributed by atoms with Gasteiger partial charge in [0.05, 0.1) is 0 Å². The number of benzene rings is 14. The first-order chi connectivity index (χ1) is 34.7. The van der Waals surface area contributed by atoms with Crippen LogP contribution >= 0.6 is 0 Å². The molecule has 0 saturated heterocycles.